The molecular weight excluding hydrogens is 248 g/mol. The molecule has 0 radical (unpaired) electrons. The van der Waals surface area contributed by atoms with Gasteiger partial charge in [-0.1, -0.05) is 6.92 Å². The third kappa shape index (κ3) is 1.85. The first-order chi connectivity index (χ1) is 8.99. The Bertz CT molecular complexity index is 577. The zero-order valence-electron chi connectivity index (χ0n) is 10.6. The van der Waals surface area contributed by atoms with Crippen LogP contribution in [-0.4, -0.2) is 30.1 Å². The van der Waals surface area contributed by atoms with Gasteiger partial charge in [-0.25, -0.2) is 0 Å². The lowest BCUT2D eigenvalue weighted by Gasteiger charge is -2.25. The van der Waals surface area contributed by atoms with Crippen LogP contribution in [0, 0.1) is 0 Å². The van der Waals surface area contributed by atoms with Crippen molar-refractivity contribution in [3.8, 4) is 11.5 Å². The van der Waals surface area contributed by atoms with Gasteiger partial charge < -0.3 is 14.6 Å². The Morgan fingerprint density at radius 1 is 1.32 bits per heavy atom. The number of carboxylic acids is 1. The number of carbonyl (C=O) groups excluding carboxylic acids is 1. The lowest BCUT2D eigenvalue weighted by Crippen LogP contribution is -2.23. The molecule has 0 spiro atoms. The number of hydrogen-bond acceptors (Lipinski definition) is 4. The fourth-order valence-corrected chi connectivity index (χ4v) is 2.86. The van der Waals surface area contributed by atoms with E-state index in [0.717, 1.165) is 5.56 Å². The van der Waals surface area contributed by atoms with E-state index < -0.39 is 11.4 Å². The Morgan fingerprint density at radius 3 is 2.58 bits per heavy atom. The number of ether oxygens (including phenoxy) is 2. The molecule has 0 fully saturated rings. The molecule has 1 N–H and O–H groups in total. The van der Waals surface area contributed by atoms with Gasteiger partial charge in [0.2, 0.25) is 0 Å². The zero-order chi connectivity index (χ0) is 13.6. The quantitative estimate of drug-likeness (QED) is 0.879. The highest BCUT2D eigenvalue weighted by atomic mass is 16.6. The van der Waals surface area contributed by atoms with Crippen molar-refractivity contribution in [3.05, 3.63) is 23.3 Å². The summed E-state index contributed by atoms with van der Waals surface area (Å²) >= 11 is 0. The molecule has 0 saturated carbocycles. The van der Waals surface area contributed by atoms with Crippen molar-refractivity contribution in [2.24, 2.45) is 0 Å². The van der Waals surface area contributed by atoms with Crippen molar-refractivity contribution in [1.82, 2.24) is 0 Å². The van der Waals surface area contributed by atoms with E-state index in [1.807, 2.05) is 0 Å². The SMILES string of the molecule is CC1(CC(=O)O)CC(=O)c2cc3c(cc21)OCCO3. The van der Waals surface area contributed by atoms with Gasteiger partial charge in [0.15, 0.2) is 17.3 Å². The molecule has 1 aliphatic heterocycles. The van der Waals surface area contributed by atoms with Gasteiger partial charge in [0.25, 0.3) is 0 Å². The maximum atomic E-state index is 12.1. The summed E-state index contributed by atoms with van der Waals surface area (Å²) in [5.41, 5.74) is 0.658. The van der Waals surface area contributed by atoms with Crippen molar-refractivity contribution in [1.29, 1.82) is 0 Å². The normalized spacial score (nSPS) is 24.2. The highest BCUT2D eigenvalue weighted by molar-refractivity contribution is 6.03. The molecule has 2 aliphatic rings. The lowest BCUT2D eigenvalue weighted by atomic mass is 9.81. The van der Waals surface area contributed by atoms with Gasteiger partial charge in [0.05, 0.1) is 6.42 Å². The number of carboxylic acid groups (broad SMARTS) is 1. The fourth-order valence-electron chi connectivity index (χ4n) is 2.86. The van der Waals surface area contributed by atoms with E-state index in [2.05, 4.69) is 0 Å². The molecule has 1 aromatic rings. The Hall–Kier alpha value is -2.04. The summed E-state index contributed by atoms with van der Waals surface area (Å²) in [6.45, 7) is 2.74. The van der Waals surface area contributed by atoms with E-state index in [9.17, 15) is 9.59 Å². The molecule has 5 heteroatoms. The largest absolute Gasteiger partial charge is 0.486 e. The van der Waals surface area contributed by atoms with Crippen molar-refractivity contribution in [3.63, 3.8) is 0 Å². The second-order valence-electron chi connectivity index (χ2n) is 5.27. The van der Waals surface area contributed by atoms with Crippen LogP contribution < -0.4 is 9.47 Å². The van der Waals surface area contributed by atoms with Crippen LogP contribution in [0.2, 0.25) is 0 Å². The predicted octanol–water partition coefficient (Wildman–Crippen LogP) is 1.78. The molecule has 19 heavy (non-hydrogen) atoms. The van der Waals surface area contributed by atoms with E-state index in [1.54, 1.807) is 19.1 Å². The van der Waals surface area contributed by atoms with Gasteiger partial charge in [-0.05, 0) is 17.7 Å². The standard InChI is InChI=1S/C14H14O5/c1-14(7-13(16)17)6-10(15)8-4-11-12(5-9(8)14)19-3-2-18-11/h4-5H,2-3,6-7H2,1H3,(H,16,17). The molecule has 1 unspecified atom stereocenters. The number of benzene rings is 1. The maximum absolute atomic E-state index is 12.1. The molecule has 1 atom stereocenters. The number of hydrogen-bond donors (Lipinski definition) is 1. The second kappa shape index (κ2) is 3.98. The highest BCUT2D eigenvalue weighted by Crippen LogP contribution is 2.46. The molecule has 0 saturated heterocycles. The first kappa shape index (κ1) is 12.0. The molecule has 0 amide bonds. The summed E-state index contributed by atoms with van der Waals surface area (Å²) < 4.78 is 11.0. The number of rotatable bonds is 2. The highest BCUT2D eigenvalue weighted by Gasteiger charge is 2.42. The van der Waals surface area contributed by atoms with E-state index in [0.29, 0.717) is 30.3 Å². The first-order valence-electron chi connectivity index (χ1n) is 6.19. The molecule has 3 rings (SSSR count). The van der Waals surface area contributed by atoms with Crippen LogP contribution in [0.4, 0.5) is 0 Å². The van der Waals surface area contributed by atoms with E-state index >= 15 is 0 Å². The van der Waals surface area contributed by atoms with Crippen molar-refractivity contribution in [2.75, 3.05) is 13.2 Å². The third-order valence-corrected chi connectivity index (χ3v) is 3.73. The molecule has 0 aromatic heterocycles. The number of Topliss-reactive ketones (excluding diaryl/α,β-unsaturated/α-hetero) is 1. The molecule has 0 bridgehead atoms. The van der Waals surface area contributed by atoms with Gasteiger partial charge in [0.1, 0.15) is 13.2 Å². The molecule has 1 aliphatic carbocycles. The predicted molar refractivity (Wildman–Crippen MR) is 66.0 cm³/mol. The second-order valence-corrected chi connectivity index (χ2v) is 5.27. The van der Waals surface area contributed by atoms with Crippen LogP contribution in [0.3, 0.4) is 0 Å². The Labute approximate surface area is 110 Å². The number of carbonyl (C=O) groups is 2. The summed E-state index contributed by atoms with van der Waals surface area (Å²) in [6.07, 6.45) is 0.156. The summed E-state index contributed by atoms with van der Waals surface area (Å²) in [5.74, 6) is 0.225. The van der Waals surface area contributed by atoms with E-state index in [-0.39, 0.29) is 18.6 Å². The molecule has 1 aromatic carbocycles. The average Bonchev–Trinajstić information content (AvgIpc) is 2.58. The van der Waals surface area contributed by atoms with Crippen molar-refractivity contribution < 1.29 is 24.2 Å². The van der Waals surface area contributed by atoms with Crippen LogP contribution in [0.15, 0.2) is 12.1 Å². The fraction of sp³-hybridized carbons (Fsp3) is 0.429. The molecule has 100 valence electrons. The Morgan fingerprint density at radius 2 is 1.95 bits per heavy atom. The summed E-state index contributed by atoms with van der Waals surface area (Å²) in [4.78, 5) is 23.1. The van der Waals surface area contributed by atoms with Crippen LogP contribution in [-0.2, 0) is 10.2 Å². The third-order valence-electron chi connectivity index (χ3n) is 3.73. The van der Waals surface area contributed by atoms with Gasteiger partial charge in [0, 0.05) is 17.4 Å². The van der Waals surface area contributed by atoms with Crippen LogP contribution in [0.5, 0.6) is 11.5 Å². The van der Waals surface area contributed by atoms with Crippen LogP contribution >= 0.6 is 0 Å². The van der Waals surface area contributed by atoms with E-state index in [1.165, 1.54) is 0 Å². The Kier molecular flexibility index (Phi) is 2.52. The minimum atomic E-state index is -0.905. The topological polar surface area (TPSA) is 72.8 Å². The van der Waals surface area contributed by atoms with E-state index in [4.69, 9.17) is 14.6 Å². The molecule has 1 heterocycles. The first-order valence-corrected chi connectivity index (χ1v) is 6.19. The van der Waals surface area contributed by atoms with Crippen LogP contribution in [0.25, 0.3) is 0 Å². The maximum Gasteiger partial charge on any atom is 0.304 e. The van der Waals surface area contributed by atoms with Gasteiger partial charge >= 0.3 is 5.97 Å². The number of fused-ring (bicyclic) bond motifs is 2. The monoisotopic (exact) mass is 262 g/mol. The summed E-state index contributed by atoms with van der Waals surface area (Å²) in [7, 11) is 0. The number of ketones is 1. The van der Waals surface area contributed by atoms with Crippen LogP contribution in [0.1, 0.15) is 35.7 Å². The van der Waals surface area contributed by atoms with Gasteiger partial charge in [-0.2, -0.15) is 0 Å². The van der Waals surface area contributed by atoms with Crippen molar-refractivity contribution >= 4 is 11.8 Å². The average molecular weight is 262 g/mol. The summed E-state index contributed by atoms with van der Waals surface area (Å²) in [5, 5.41) is 9.02. The minimum Gasteiger partial charge on any atom is -0.486 e. The molecular formula is C14H14O5. The molecule has 5 nitrogen and oxygen atoms in total. The van der Waals surface area contributed by atoms with Crippen molar-refractivity contribution in [2.45, 2.75) is 25.2 Å². The summed E-state index contributed by atoms with van der Waals surface area (Å²) in [6, 6.07) is 3.44. The minimum absolute atomic E-state index is 0.0317. The lowest BCUT2D eigenvalue weighted by molar-refractivity contribution is -0.138. The van der Waals surface area contributed by atoms with Gasteiger partial charge in [-0.15, -0.1) is 0 Å². The number of aliphatic carboxylic acids is 1. The van der Waals surface area contributed by atoms with Gasteiger partial charge in [-0.3, -0.25) is 9.59 Å². The smallest absolute Gasteiger partial charge is 0.304 e. The Balaban J connectivity index is 2.11. The zero-order valence-corrected chi connectivity index (χ0v) is 10.6.